The Labute approximate surface area is 136 Å². The highest BCUT2D eigenvalue weighted by Gasteiger charge is 2.15. The third kappa shape index (κ3) is 3.79. The predicted octanol–water partition coefficient (Wildman–Crippen LogP) is 4.25. The van der Waals surface area contributed by atoms with E-state index in [0.717, 1.165) is 16.6 Å². The fourth-order valence-corrected chi connectivity index (χ4v) is 3.13. The molecule has 7 heteroatoms. The first-order chi connectivity index (χ1) is 9.88. The quantitative estimate of drug-likeness (QED) is 0.730. The molecular weight excluding hydrogens is 410 g/mol. The fourth-order valence-electron chi connectivity index (χ4n) is 1.77. The fraction of sp³-hybridized carbons (Fsp3) is 0.0714. The Morgan fingerprint density at radius 1 is 1.19 bits per heavy atom. The van der Waals surface area contributed by atoms with Crippen LogP contribution in [0.25, 0.3) is 0 Å². The summed E-state index contributed by atoms with van der Waals surface area (Å²) in [5, 5.41) is 2.54. The molecule has 0 spiro atoms. The Morgan fingerprint density at radius 3 is 2.38 bits per heavy atom. The van der Waals surface area contributed by atoms with E-state index in [-0.39, 0.29) is 5.56 Å². The van der Waals surface area contributed by atoms with Gasteiger partial charge in [-0.1, -0.05) is 22.0 Å². The van der Waals surface area contributed by atoms with Crippen LogP contribution < -0.4 is 11.1 Å². The molecular formula is C14H10Br2F2N2O. The van der Waals surface area contributed by atoms with E-state index in [9.17, 15) is 13.6 Å². The van der Waals surface area contributed by atoms with Crippen molar-refractivity contribution in [1.82, 2.24) is 0 Å². The first-order valence-corrected chi connectivity index (χ1v) is 7.44. The van der Waals surface area contributed by atoms with Gasteiger partial charge in [-0.25, -0.2) is 8.78 Å². The molecule has 0 radical (unpaired) electrons. The minimum Gasteiger partial charge on any atom is -0.397 e. The lowest BCUT2D eigenvalue weighted by Crippen LogP contribution is -2.17. The zero-order valence-electron chi connectivity index (χ0n) is 10.6. The number of rotatable bonds is 3. The standard InChI is InChI=1S/C14H10Br2F2N2O/c15-7-4-9(16)14(12(19)5-7)20-13(21)6-8-10(17)2-1-3-11(8)18/h1-5H,6,19H2,(H,20,21). The topological polar surface area (TPSA) is 55.1 Å². The minimum absolute atomic E-state index is 0.276. The van der Waals surface area contributed by atoms with Crippen molar-refractivity contribution >= 4 is 49.1 Å². The van der Waals surface area contributed by atoms with E-state index in [1.807, 2.05) is 0 Å². The highest BCUT2D eigenvalue weighted by molar-refractivity contribution is 9.11. The number of nitrogens with one attached hydrogen (secondary N) is 1. The second kappa shape index (κ2) is 6.53. The van der Waals surface area contributed by atoms with Crippen LogP contribution in [-0.2, 0) is 11.2 Å². The summed E-state index contributed by atoms with van der Waals surface area (Å²) >= 11 is 6.53. The molecule has 2 aromatic carbocycles. The minimum atomic E-state index is -0.756. The van der Waals surface area contributed by atoms with E-state index in [1.54, 1.807) is 12.1 Å². The molecule has 1 amide bonds. The summed E-state index contributed by atoms with van der Waals surface area (Å²) in [4.78, 5) is 11.9. The average molecular weight is 420 g/mol. The zero-order valence-corrected chi connectivity index (χ0v) is 13.8. The van der Waals surface area contributed by atoms with Crippen LogP contribution in [0.4, 0.5) is 20.2 Å². The molecule has 0 heterocycles. The van der Waals surface area contributed by atoms with Gasteiger partial charge in [0, 0.05) is 14.5 Å². The van der Waals surface area contributed by atoms with E-state index < -0.39 is 24.0 Å². The highest BCUT2D eigenvalue weighted by atomic mass is 79.9. The van der Waals surface area contributed by atoms with E-state index >= 15 is 0 Å². The molecule has 0 atom stereocenters. The van der Waals surface area contributed by atoms with Crippen molar-refractivity contribution in [2.24, 2.45) is 0 Å². The monoisotopic (exact) mass is 418 g/mol. The van der Waals surface area contributed by atoms with E-state index in [2.05, 4.69) is 37.2 Å². The number of nitrogens with two attached hydrogens (primary N) is 1. The highest BCUT2D eigenvalue weighted by Crippen LogP contribution is 2.32. The van der Waals surface area contributed by atoms with Crippen LogP contribution in [-0.4, -0.2) is 5.91 Å². The number of carbonyl (C=O) groups excluding carboxylic acids is 1. The Bertz CT molecular complexity index is 664. The summed E-state index contributed by atoms with van der Waals surface area (Å²) in [6, 6.07) is 6.78. The Morgan fingerprint density at radius 2 is 1.81 bits per heavy atom. The average Bonchev–Trinajstić information content (AvgIpc) is 2.38. The number of amides is 1. The van der Waals surface area contributed by atoms with Crippen molar-refractivity contribution in [2.75, 3.05) is 11.1 Å². The summed E-state index contributed by atoms with van der Waals surface area (Å²) in [7, 11) is 0. The molecule has 0 aliphatic heterocycles. The van der Waals surface area contributed by atoms with Gasteiger partial charge in [0.05, 0.1) is 17.8 Å². The van der Waals surface area contributed by atoms with Gasteiger partial charge in [-0.3, -0.25) is 4.79 Å². The third-order valence-electron chi connectivity index (χ3n) is 2.75. The van der Waals surface area contributed by atoms with E-state index in [0.29, 0.717) is 15.8 Å². The van der Waals surface area contributed by atoms with Crippen molar-refractivity contribution in [3.05, 3.63) is 56.5 Å². The molecule has 0 aliphatic carbocycles. The van der Waals surface area contributed by atoms with Gasteiger partial charge < -0.3 is 11.1 Å². The van der Waals surface area contributed by atoms with Gasteiger partial charge in [0.2, 0.25) is 5.91 Å². The smallest absolute Gasteiger partial charge is 0.229 e. The number of carbonyl (C=O) groups is 1. The second-order valence-corrected chi connectivity index (χ2v) is 6.05. The first kappa shape index (κ1) is 15.9. The number of hydrogen-bond acceptors (Lipinski definition) is 2. The van der Waals surface area contributed by atoms with Gasteiger partial charge in [-0.2, -0.15) is 0 Å². The normalized spacial score (nSPS) is 10.5. The zero-order chi connectivity index (χ0) is 15.6. The summed E-state index contributed by atoms with van der Waals surface area (Å²) in [6.07, 6.45) is -0.416. The number of anilines is 2. The molecule has 0 saturated carbocycles. The maximum atomic E-state index is 13.5. The van der Waals surface area contributed by atoms with E-state index in [1.165, 1.54) is 6.07 Å². The number of benzene rings is 2. The van der Waals surface area contributed by atoms with Gasteiger partial charge >= 0.3 is 0 Å². The molecule has 0 saturated heterocycles. The van der Waals surface area contributed by atoms with Crippen LogP contribution in [0.2, 0.25) is 0 Å². The lowest BCUT2D eigenvalue weighted by atomic mass is 10.1. The summed E-state index contributed by atoms with van der Waals surface area (Å²) in [5.41, 5.74) is 6.22. The van der Waals surface area contributed by atoms with Crippen LogP contribution in [0.1, 0.15) is 5.56 Å². The van der Waals surface area contributed by atoms with Crippen LogP contribution in [0.15, 0.2) is 39.3 Å². The van der Waals surface area contributed by atoms with Gasteiger partial charge in [-0.05, 0) is 40.2 Å². The van der Waals surface area contributed by atoms with Crippen molar-refractivity contribution in [2.45, 2.75) is 6.42 Å². The maximum absolute atomic E-state index is 13.5. The molecule has 2 aromatic rings. The Kier molecular flexibility index (Phi) is 4.95. The molecule has 21 heavy (non-hydrogen) atoms. The van der Waals surface area contributed by atoms with Gasteiger partial charge in [-0.15, -0.1) is 0 Å². The van der Waals surface area contributed by atoms with Crippen LogP contribution >= 0.6 is 31.9 Å². The predicted molar refractivity (Wildman–Crippen MR) is 84.9 cm³/mol. The molecule has 2 rings (SSSR count). The molecule has 0 aromatic heterocycles. The number of hydrogen-bond donors (Lipinski definition) is 2. The van der Waals surface area contributed by atoms with Crippen molar-refractivity contribution < 1.29 is 13.6 Å². The van der Waals surface area contributed by atoms with E-state index in [4.69, 9.17) is 5.73 Å². The molecule has 0 fully saturated rings. The van der Waals surface area contributed by atoms with Gasteiger partial charge in [0.1, 0.15) is 11.6 Å². The van der Waals surface area contributed by atoms with Crippen LogP contribution in [0.3, 0.4) is 0 Å². The van der Waals surface area contributed by atoms with Crippen molar-refractivity contribution in [1.29, 1.82) is 0 Å². The van der Waals surface area contributed by atoms with Crippen LogP contribution in [0.5, 0.6) is 0 Å². The lowest BCUT2D eigenvalue weighted by Gasteiger charge is -2.11. The number of nitrogen functional groups attached to an aromatic ring is 1. The maximum Gasteiger partial charge on any atom is 0.229 e. The first-order valence-electron chi connectivity index (χ1n) is 5.85. The lowest BCUT2D eigenvalue weighted by molar-refractivity contribution is -0.115. The SMILES string of the molecule is Nc1cc(Br)cc(Br)c1NC(=O)Cc1c(F)cccc1F. The molecule has 0 bridgehead atoms. The summed E-state index contributed by atoms with van der Waals surface area (Å²) in [5.74, 6) is -2.07. The number of halogens is 4. The van der Waals surface area contributed by atoms with Gasteiger partial charge in [0.15, 0.2) is 0 Å². The molecule has 3 N–H and O–H groups in total. The second-order valence-electron chi connectivity index (χ2n) is 4.28. The summed E-state index contributed by atoms with van der Waals surface area (Å²) in [6.45, 7) is 0. The molecule has 3 nitrogen and oxygen atoms in total. The molecule has 110 valence electrons. The third-order valence-corrected chi connectivity index (χ3v) is 3.83. The molecule has 0 unspecified atom stereocenters. The van der Waals surface area contributed by atoms with Crippen molar-refractivity contribution in [3.63, 3.8) is 0 Å². The van der Waals surface area contributed by atoms with Crippen LogP contribution in [0, 0.1) is 11.6 Å². The largest absolute Gasteiger partial charge is 0.397 e. The Balaban J connectivity index is 2.20. The summed E-state index contributed by atoms with van der Waals surface area (Å²) < 4.78 is 28.3. The molecule has 0 aliphatic rings. The van der Waals surface area contributed by atoms with Crippen molar-refractivity contribution in [3.8, 4) is 0 Å². The van der Waals surface area contributed by atoms with Gasteiger partial charge in [0.25, 0.3) is 0 Å². The Hall–Kier alpha value is -1.47.